The summed E-state index contributed by atoms with van der Waals surface area (Å²) in [5.41, 5.74) is 4.58. The second-order valence-electron chi connectivity index (χ2n) is 4.27. The first-order valence-corrected chi connectivity index (χ1v) is 6.86. The maximum Gasteiger partial charge on any atom is 0.137 e. The molecule has 0 aliphatic heterocycles. The highest BCUT2D eigenvalue weighted by Gasteiger charge is 2.16. The van der Waals surface area contributed by atoms with Gasteiger partial charge in [-0.1, -0.05) is 12.1 Å². The molecule has 102 valence electrons. The third-order valence-electron chi connectivity index (χ3n) is 3.01. The number of rotatable bonds is 5. The van der Waals surface area contributed by atoms with Crippen molar-refractivity contribution in [3.8, 4) is 0 Å². The standard InChI is InChI=1S/C13H16BrFN4/c1-2-19-8-9(7-17-19)6-12(18-16)10-4-3-5-11(15)13(10)14/h3-5,7-8,12,18H,2,6,16H2,1H3. The molecule has 1 heterocycles. The summed E-state index contributed by atoms with van der Waals surface area (Å²) < 4.78 is 15.8. The van der Waals surface area contributed by atoms with Crippen molar-refractivity contribution in [2.45, 2.75) is 25.9 Å². The molecule has 6 heteroatoms. The molecule has 0 fully saturated rings. The van der Waals surface area contributed by atoms with Crippen LogP contribution in [0.2, 0.25) is 0 Å². The SMILES string of the molecule is CCn1cc(CC(NN)c2cccc(F)c2Br)cn1. The molecule has 0 spiro atoms. The molecule has 4 nitrogen and oxygen atoms in total. The molecular weight excluding hydrogens is 311 g/mol. The molecule has 0 saturated heterocycles. The summed E-state index contributed by atoms with van der Waals surface area (Å²) in [5, 5.41) is 4.22. The second kappa shape index (κ2) is 6.27. The van der Waals surface area contributed by atoms with E-state index in [1.165, 1.54) is 6.07 Å². The fourth-order valence-corrected chi connectivity index (χ4v) is 2.51. The summed E-state index contributed by atoms with van der Waals surface area (Å²) in [6.07, 6.45) is 4.43. The highest BCUT2D eigenvalue weighted by atomic mass is 79.9. The number of hydrogen-bond acceptors (Lipinski definition) is 3. The topological polar surface area (TPSA) is 55.9 Å². The first-order chi connectivity index (χ1) is 9.15. The summed E-state index contributed by atoms with van der Waals surface area (Å²) in [4.78, 5) is 0. The van der Waals surface area contributed by atoms with Gasteiger partial charge < -0.3 is 0 Å². The summed E-state index contributed by atoms with van der Waals surface area (Å²) in [6.45, 7) is 2.85. The van der Waals surface area contributed by atoms with E-state index in [-0.39, 0.29) is 11.9 Å². The highest BCUT2D eigenvalue weighted by Crippen LogP contribution is 2.27. The van der Waals surface area contributed by atoms with E-state index in [1.807, 2.05) is 23.9 Å². The van der Waals surface area contributed by atoms with Crippen LogP contribution in [0.15, 0.2) is 35.1 Å². The lowest BCUT2D eigenvalue weighted by Crippen LogP contribution is -2.29. The van der Waals surface area contributed by atoms with E-state index < -0.39 is 0 Å². The molecule has 2 rings (SSSR count). The third kappa shape index (κ3) is 3.20. The van der Waals surface area contributed by atoms with E-state index in [0.29, 0.717) is 10.9 Å². The molecule has 1 aromatic heterocycles. The van der Waals surface area contributed by atoms with Crippen molar-refractivity contribution < 1.29 is 4.39 Å². The molecule has 3 N–H and O–H groups in total. The van der Waals surface area contributed by atoms with Crippen molar-refractivity contribution in [3.63, 3.8) is 0 Å². The molecular formula is C13H16BrFN4. The Hall–Kier alpha value is -1.24. The van der Waals surface area contributed by atoms with Gasteiger partial charge in [-0.2, -0.15) is 5.10 Å². The van der Waals surface area contributed by atoms with Gasteiger partial charge in [-0.3, -0.25) is 16.0 Å². The van der Waals surface area contributed by atoms with Crippen molar-refractivity contribution in [1.82, 2.24) is 15.2 Å². The van der Waals surface area contributed by atoms with Crippen LogP contribution in [0.4, 0.5) is 4.39 Å². The Morgan fingerprint density at radius 1 is 1.53 bits per heavy atom. The van der Waals surface area contributed by atoms with Gasteiger partial charge >= 0.3 is 0 Å². The van der Waals surface area contributed by atoms with Gasteiger partial charge in [0, 0.05) is 12.7 Å². The van der Waals surface area contributed by atoms with E-state index in [0.717, 1.165) is 17.7 Å². The van der Waals surface area contributed by atoms with E-state index in [9.17, 15) is 4.39 Å². The predicted octanol–water partition coefficient (Wildman–Crippen LogP) is 2.55. The Bertz CT molecular complexity index is 555. The molecule has 0 bridgehead atoms. The molecule has 1 unspecified atom stereocenters. The molecule has 19 heavy (non-hydrogen) atoms. The van der Waals surface area contributed by atoms with Gasteiger partial charge in [-0.25, -0.2) is 4.39 Å². The van der Waals surface area contributed by atoms with Gasteiger partial charge in [0.05, 0.1) is 16.7 Å². The second-order valence-corrected chi connectivity index (χ2v) is 5.06. The molecule has 0 aliphatic carbocycles. The van der Waals surface area contributed by atoms with E-state index in [4.69, 9.17) is 5.84 Å². The maximum absolute atomic E-state index is 13.5. The van der Waals surface area contributed by atoms with Gasteiger partial charge in [0.2, 0.25) is 0 Å². The summed E-state index contributed by atoms with van der Waals surface area (Å²) in [7, 11) is 0. The Kier molecular flexibility index (Phi) is 4.68. The minimum absolute atomic E-state index is 0.167. The highest BCUT2D eigenvalue weighted by molar-refractivity contribution is 9.10. The fraction of sp³-hybridized carbons (Fsp3) is 0.308. The number of halogens is 2. The quantitative estimate of drug-likeness (QED) is 0.655. The van der Waals surface area contributed by atoms with Gasteiger partial charge in [0.1, 0.15) is 5.82 Å². The number of nitrogens with one attached hydrogen (secondary N) is 1. The maximum atomic E-state index is 13.5. The average molecular weight is 327 g/mol. The zero-order valence-corrected chi connectivity index (χ0v) is 12.2. The number of benzene rings is 1. The normalized spacial score (nSPS) is 12.6. The molecule has 2 aromatic rings. The van der Waals surface area contributed by atoms with Crippen molar-refractivity contribution >= 4 is 15.9 Å². The lowest BCUT2D eigenvalue weighted by molar-refractivity contribution is 0.540. The summed E-state index contributed by atoms with van der Waals surface area (Å²) in [6, 6.07) is 4.77. The largest absolute Gasteiger partial charge is 0.273 e. The lowest BCUT2D eigenvalue weighted by atomic mass is 10.0. The zero-order chi connectivity index (χ0) is 13.8. The Labute approximate surface area is 119 Å². The molecule has 0 aliphatic rings. The minimum Gasteiger partial charge on any atom is -0.273 e. The molecule has 0 amide bonds. The Morgan fingerprint density at radius 3 is 2.95 bits per heavy atom. The van der Waals surface area contributed by atoms with E-state index in [2.05, 4.69) is 26.5 Å². The zero-order valence-electron chi connectivity index (χ0n) is 10.6. The first kappa shape index (κ1) is 14.2. The predicted molar refractivity (Wildman–Crippen MR) is 75.8 cm³/mol. The molecule has 1 atom stereocenters. The number of aryl methyl sites for hydroxylation is 1. The number of nitrogens with two attached hydrogens (primary N) is 1. The number of hydrazine groups is 1. The van der Waals surface area contributed by atoms with Crippen LogP contribution in [-0.2, 0) is 13.0 Å². The van der Waals surface area contributed by atoms with Crippen LogP contribution >= 0.6 is 15.9 Å². The smallest absolute Gasteiger partial charge is 0.137 e. The minimum atomic E-state index is -0.290. The van der Waals surface area contributed by atoms with Crippen LogP contribution in [0.25, 0.3) is 0 Å². The van der Waals surface area contributed by atoms with Crippen molar-refractivity contribution in [2.24, 2.45) is 5.84 Å². The number of nitrogens with zero attached hydrogens (tertiary/aromatic N) is 2. The number of aromatic nitrogens is 2. The first-order valence-electron chi connectivity index (χ1n) is 6.07. The number of hydrogen-bond donors (Lipinski definition) is 2. The van der Waals surface area contributed by atoms with Crippen LogP contribution < -0.4 is 11.3 Å². The van der Waals surface area contributed by atoms with Crippen molar-refractivity contribution in [1.29, 1.82) is 0 Å². The average Bonchev–Trinajstić information content (AvgIpc) is 2.87. The third-order valence-corrected chi connectivity index (χ3v) is 3.85. The Morgan fingerprint density at radius 2 is 2.32 bits per heavy atom. The lowest BCUT2D eigenvalue weighted by Gasteiger charge is -2.17. The van der Waals surface area contributed by atoms with Crippen LogP contribution in [0.1, 0.15) is 24.1 Å². The van der Waals surface area contributed by atoms with Gasteiger partial charge in [0.15, 0.2) is 0 Å². The van der Waals surface area contributed by atoms with Crippen molar-refractivity contribution in [3.05, 3.63) is 52.0 Å². The van der Waals surface area contributed by atoms with Gasteiger partial charge in [-0.05, 0) is 46.5 Å². The van der Waals surface area contributed by atoms with Crippen LogP contribution in [-0.4, -0.2) is 9.78 Å². The Balaban J connectivity index is 2.22. The monoisotopic (exact) mass is 326 g/mol. The summed E-state index contributed by atoms with van der Waals surface area (Å²) >= 11 is 3.26. The van der Waals surface area contributed by atoms with Crippen LogP contribution in [0.3, 0.4) is 0 Å². The molecule has 0 radical (unpaired) electrons. The van der Waals surface area contributed by atoms with Crippen LogP contribution in [0, 0.1) is 5.82 Å². The summed E-state index contributed by atoms with van der Waals surface area (Å²) in [5.74, 6) is 5.30. The molecule has 1 aromatic carbocycles. The van der Waals surface area contributed by atoms with Gasteiger partial charge in [-0.15, -0.1) is 0 Å². The van der Waals surface area contributed by atoms with Crippen LogP contribution in [0.5, 0.6) is 0 Å². The molecule has 0 saturated carbocycles. The fourth-order valence-electron chi connectivity index (χ4n) is 1.97. The van der Waals surface area contributed by atoms with E-state index in [1.54, 1.807) is 12.3 Å². The van der Waals surface area contributed by atoms with Crippen molar-refractivity contribution in [2.75, 3.05) is 0 Å². The van der Waals surface area contributed by atoms with E-state index >= 15 is 0 Å². The van der Waals surface area contributed by atoms with Gasteiger partial charge in [0.25, 0.3) is 0 Å².